The normalized spacial score (nSPS) is 14.6. The standard InChI is InChI=1S/C25H24FN5O2/c1-30-9-11-31(12-10-30)18-6-3-16(4-7-18)22-15-28-24-23(29-22)20(14-27-24)19-8-5-17(13-21(19)26)25(32)33-2/h3-8,13-15H,9-12H2,1-2H3,(H,27,28). The van der Waals surface area contributed by atoms with Crippen molar-refractivity contribution >= 4 is 22.8 Å². The van der Waals surface area contributed by atoms with Crippen LogP contribution in [0.5, 0.6) is 0 Å². The van der Waals surface area contributed by atoms with E-state index in [-0.39, 0.29) is 5.56 Å². The third kappa shape index (κ3) is 4.05. The van der Waals surface area contributed by atoms with Crippen LogP contribution in [0.3, 0.4) is 0 Å². The van der Waals surface area contributed by atoms with Gasteiger partial charge in [-0.3, -0.25) is 0 Å². The van der Waals surface area contributed by atoms with E-state index in [2.05, 4.69) is 43.7 Å². The first kappa shape index (κ1) is 21.1. The van der Waals surface area contributed by atoms with Crippen molar-refractivity contribution in [3.63, 3.8) is 0 Å². The summed E-state index contributed by atoms with van der Waals surface area (Å²) in [5.74, 6) is -1.11. The number of nitrogens with zero attached hydrogens (tertiary/aromatic N) is 4. The van der Waals surface area contributed by atoms with Crippen molar-refractivity contribution in [1.29, 1.82) is 0 Å². The number of anilines is 1. The molecule has 0 atom stereocenters. The van der Waals surface area contributed by atoms with E-state index in [9.17, 15) is 9.18 Å². The summed E-state index contributed by atoms with van der Waals surface area (Å²) in [6.07, 6.45) is 3.39. The summed E-state index contributed by atoms with van der Waals surface area (Å²) in [6.45, 7) is 4.12. The molecule has 0 amide bonds. The van der Waals surface area contributed by atoms with E-state index in [4.69, 9.17) is 4.98 Å². The summed E-state index contributed by atoms with van der Waals surface area (Å²) >= 11 is 0. The Labute approximate surface area is 190 Å². The van der Waals surface area contributed by atoms with Crippen LogP contribution < -0.4 is 4.90 Å². The lowest BCUT2D eigenvalue weighted by Crippen LogP contribution is -2.44. The van der Waals surface area contributed by atoms with E-state index < -0.39 is 11.8 Å². The molecule has 0 bridgehead atoms. The van der Waals surface area contributed by atoms with Crippen LogP contribution >= 0.6 is 0 Å². The molecule has 3 heterocycles. The van der Waals surface area contributed by atoms with Crippen molar-refractivity contribution in [3.8, 4) is 22.4 Å². The number of aromatic amines is 1. The van der Waals surface area contributed by atoms with Crippen molar-refractivity contribution in [3.05, 3.63) is 66.2 Å². The van der Waals surface area contributed by atoms with Gasteiger partial charge in [-0.25, -0.2) is 19.2 Å². The average molecular weight is 445 g/mol. The van der Waals surface area contributed by atoms with E-state index in [1.807, 2.05) is 12.1 Å². The van der Waals surface area contributed by atoms with Gasteiger partial charge in [0.05, 0.1) is 24.6 Å². The van der Waals surface area contributed by atoms with E-state index >= 15 is 0 Å². The Bertz CT molecular complexity index is 1310. The summed E-state index contributed by atoms with van der Waals surface area (Å²) in [4.78, 5) is 28.7. The second kappa shape index (κ2) is 8.63. The van der Waals surface area contributed by atoms with Gasteiger partial charge in [0.2, 0.25) is 0 Å². The van der Waals surface area contributed by atoms with Crippen LogP contribution in [-0.4, -0.2) is 66.2 Å². The number of rotatable bonds is 4. The minimum Gasteiger partial charge on any atom is -0.465 e. The summed E-state index contributed by atoms with van der Waals surface area (Å²) in [5, 5.41) is 0. The van der Waals surface area contributed by atoms with Gasteiger partial charge in [0.25, 0.3) is 0 Å². The van der Waals surface area contributed by atoms with Gasteiger partial charge in [-0.05, 0) is 31.3 Å². The molecule has 0 radical (unpaired) electrons. The van der Waals surface area contributed by atoms with Crippen LogP contribution in [0.2, 0.25) is 0 Å². The summed E-state index contributed by atoms with van der Waals surface area (Å²) in [7, 11) is 3.41. The number of piperazine rings is 1. The first-order valence-electron chi connectivity index (χ1n) is 10.8. The molecule has 0 saturated carbocycles. The number of carbonyl (C=O) groups excluding carboxylic acids is 1. The highest BCUT2D eigenvalue weighted by Gasteiger charge is 2.17. The molecule has 1 aliphatic heterocycles. The van der Waals surface area contributed by atoms with E-state index in [0.29, 0.717) is 28.0 Å². The predicted octanol–water partition coefficient (Wildman–Crippen LogP) is 3.97. The Morgan fingerprint density at radius 2 is 1.82 bits per heavy atom. The van der Waals surface area contributed by atoms with Gasteiger partial charge in [0.1, 0.15) is 11.3 Å². The second-order valence-electron chi connectivity index (χ2n) is 8.18. The average Bonchev–Trinajstić information content (AvgIpc) is 3.27. The molecule has 168 valence electrons. The zero-order chi connectivity index (χ0) is 22.9. The van der Waals surface area contributed by atoms with Crippen LogP contribution in [0.25, 0.3) is 33.5 Å². The fraction of sp³-hybridized carbons (Fsp3) is 0.240. The number of benzene rings is 2. The maximum atomic E-state index is 14.8. The molecule has 1 fully saturated rings. The quantitative estimate of drug-likeness (QED) is 0.479. The maximum absolute atomic E-state index is 14.8. The summed E-state index contributed by atoms with van der Waals surface area (Å²) in [5.41, 5.74) is 5.06. The number of halogens is 1. The van der Waals surface area contributed by atoms with Crippen LogP contribution in [0, 0.1) is 5.82 Å². The fourth-order valence-corrected chi connectivity index (χ4v) is 4.12. The van der Waals surface area contributed by atoms with Gasteiger partial charge in [-0.1, -0.05) is 18.2 Å². The van der Waals surface area contributed by atoms with Gasteiger partial charge >= 0.3 is 5.97 Å². The smallest absolute Gasteiger partial charge is 0.337 e. The monoisotopic (exact) mass is 445 g/mol. The highest BCUT2D eigenvalue weighted by molar-refractivity contribution is 5.94. The number of carbonyl (C=O) groups is 1. The second-order valence-corrected chi connectivity index (χ2v) is 8.18. The minimum atomic E-state index is -0.582. The molecule has 4 aromatic rings. The van der Waals surface area contributed by atoms with Crippen LogP contribution in [-0.2, 0) is 4.74 Å². The number of likely N-dealkylation sites (N-methyl/N-ethyl adjacent to an activating group) is 1. The third-order valence-corrected chi connectivity index (χ3v) is 6.09. The Morgan fingerprint density at radius 1 is 1.06 bits per heavy atom. The van der Waals surface area contributed by atoms with Crippen molar-refractivity contribution in [1.82, 2.24) is 19.9 Å². The number of H-pyrrole nitrogens is 1. The zero-order valence-corrected chi connectivity index (χ0v) is 18.5. The molecule has 1 aliphatic rings. The third-order valence-electron chi connectivity index (χ3n) is 6.09. The van der Waals surface area contributed by atoms with Gasteiger partial charge in [-0.2, -0.15) is 0 Å². The minimum absolute atomic E-state index is 0.158. The number of fused-ring (bicyclic) bond motifs is 1. The molecule has 0 aliphatic carbocycles. The first-order chi connectivity index (χ1) is 16.0. The lowest BCUT2D eigenvalue weighted by atomic mass is 10.0. The van der Waals surface area contributed by atoms with Crippen molar-refractivity contribution in [2.75, 3.05) is 45.2 Å². The number of hydrogen-bond donors (Lipinski definition) is 1. The lowest BCUT2D eigenvalue weighted by Gasteiger charge is -2.34. The van der Waals surface area contributed by atoms with Crippen molar-refractivity contribution < 1.29 is 13.9 Å². The Hall–Kier alpha value is -3.78. The molecule has 1 N–H and O–H groups in total. The van der Waals surface area contributed by atoms with Gasteiger partial charge in [0.15, 0.2) is 5.65 Å². The predicted molar refractivity (Wildman–Crippen MR) is 126 cm³/mol. The molecule has 2 aromatic heterocycles. The molecule has 0 unspecified atom stereocenters. The largest absolute Gasteiger partial charge is 0.465 e. The summed E-state index contributed by atoms with van der Waals surface area (Å²) in [6, 6.07) is 12.6. The van der Waals surface area contributed by atoms with Crippen LogP contribution in [0.1, 0.15) is 10.4 Å². The van der Waals surface area contributed by atoms with E-state index in [0.717, 1.165) is 31.7 Å². The van der Waals surface area contributed by atoms with E-state index in [1.54, 1.807) is 18.5 Å². The molecule has 2 aromatic carbocycles. The number of aromatic nitrogens is 3. The highest BCUT2D eigenvalue weighted by Crippen LogP contribution is 2.31. The highest BCUT2D eigenvalue weighted by atomic mass is 19.1. The molecule has 8 heteroatoms. The lowest BCUT2D eigenvalue weighted by molar-refractivity contribution is 0.0600. The van der Waals surface area contributed by atoms with Crippen molar-refractivity contribution in [2.45, 2.75) is 0 Å². The maximum Gasteiger partial charge on any atom is 0.337 e. The SMILES string of the molecule is COC(=O)c1ccc(-c2c[nH]c3ncc(-c4ccc(N5CCN(C)CC5)cc4)nc23)c(F)c1. The van der Waals surface area contributed by atoms with E-state index in [1.165, 1.54) is 24.9 Å². The molecule has 1 saturated heterocycles. The Balaban J connectivity index is 1.46. The topological polar surface area (TPSA) is 74.4 Å². The molecular weight excluding hydrogens is 421 g/mol. The molecular formula is C25H24FN5O2. The molecule has 7 nitrogen and oxygen atoms in total. The number of methoxy groups -OCH3 is 1. The Morgan fingerprint density at radius 3 is 2.52 bits per heavy atom. The summed E-state index contributed by atoms with van der Waals surface area (Å²) < 4.78 is 19.5. The van der Waals surface area contributed by atoms with Gasteiger partial charge in [0, 0.05) is 54.8 Å². The number of esters is 1. The fourth-order valence-electron chi connectivity index (χ4n) is 4.12. The molecule has 0 spiro atoms. The van der Waals surface area contributed by atoms with Crippen LogP contribution in [0.4, 0.5) is 10.1 Å². The molecule has 33 heavy (non-hydrogen) atoms. The molecule has 5 rings (SSSR count). The Kier molecular flexibility index (Phi) is 5.51. The number of ether oxygens (including phenoxy) is 1. The van der Waals surface area contributed by atoms with Gasteiger partial charge < -0.3 is 19.5 Å². The first-order valence-corrected chi connectivity index (χ1v) is 10.8. The van der Waals surface area contributed by atoms with Gasteiger partial charge in [-0.15, -0.1) is 0 Å². The van der Waals surface area contributed by atoms with Crippen LogP contribution in [0.15, 0.2) is 54.9 Å². The zero-order valence-electron chi connectivity index (χ0n) is 18.5. The number of nitrogens with one attached hydrogen (secondary N) is 1. The van der Waals surface area contributed by atoms with Crippen molar-refractivity contribution in [2.24, 2.45) is 0 Å². The number of hydrogen-bond acceptors (Lipinski definition) is 6.